The van der Waals surface area contributed by atoms with Gasteiger partial charge in [0.1, 0.15) is 23.0 Å². The first-order chi connectivity index (χ1) is 12.6. The van der Waals surface area contributed by atoms with Crippen LogP contribution in [0.15, 0.2) is 42.5 Å². The Balaban J connectivity index is 1.63. The van der Waals surface area contributed by atoms with Gasteiger partial charge in [-0.15, -0.1) is 0 Å². The molecule has 4 nitrogen and oxygen atoms in total. The van der Waals surface area contributed by atoms with Crippen LogP contribution in [0, 0.1) is 11.6 Å². The molecule has 0 N–H and O–H groups in total. The molecule has 1 aromatic heterocycles. The summed E-state index contributed by atoms with van der Waals surface area (Å²) in [6.45, 7) is 0.900. The van der Waals surface area contributed by atoms with Crippen LogP contribution in [0.1, 0.15) is 34.9 Å². The Labute approximate surface area is 150 Å². The summed E-state index contributed by atoms with van der Waals surface area (Å²) in [5.74, 6) is -1.29. The third-order valence-electron chi connectivity index (χ3n) is 5.07. The number of halogens is 2. The van der Waals surface area contributed by atoms with Crippen LogP contribution < -0.4 is 0 Å². The molecule has 1 saturated heterocycles. The molecule has 1 aliphatic rings. The van der Waals surface area contributed by atoms with E-state index in [4.69, 9.17) is 4.98 Å². The molecule has 1 amide bonds. The molecule has 3 aromatic rings. The Hall–Kier alpha value is -2.76. The van der Waals surface area contributed by atoms with E-state index in [-0.39, 0.29) is 5.92 Å². The second-order valence-electron chi connectivity index (χ2n) is 6.70. The lowest BCUT2D eigenvalue weighted by molar-refractivity contribution is 0.0694. The summed E-state index contributed by atoms with van der Waals surface area (Å²) in [5, 5.41) is 0. The molecule has 1 atom stereocenters. The zero-order valence-electron chi connectivity index (χ0n) is 14.5. The highest BCUT2D eigenvalue weighted by atomic mass is 19.1. The SMILES string of the molecule is Cn1c(C2CCCN(C(=O)c3c(F)cccc3F)C2)nc2ccccc21. The zero-order valence-corrected chi connectivity index (χ0v) is 14.5. The van der Waals surface area contributed by atoms with Crippen molar-refractivity contribution in [2.24, 2.45) is 7.05 Å². The van der Waals surface area contributed by atoms with Gasteiger partial charge in [0.15, 0.2) is 0 Å². The standard InChI is InChI=1S/C20H19F2N3O/c1-24-17-10-3-2-9-16(17)23-19(24)13-6-5-11-25(12-13)20(26)18-14(21)7-4-8-15(18)22/h2-4,7-10,13H,5-6,11-12H2,1H3. The number of aromatic nitrogens is 2. The first kappa shape index (κ1) is 16.7. The number of carbonyl (C=O) groups is 1. The van der Waals surface area contributed by atoms with Crippen molar-refractivity contribution in [3.8, 4) is 0 Å². The average Bonchev–Trinajstić information content (AvgIpc) is 2.99. The fourth-order valence-electron chi connectivity index (χ4n) is 3.76. The number of amides is 1. The van der Waals surface area contributed by atoms with Gasteiger partial charge in [-0.2, -0.15) is 0 Å². The minimum Gasteiger partial charge on any atom is -0.338 e. The lowest BCUT2D eigenvalue weighted by atomic mass is 9.96. The molecule has 0 saturated carbocycles. The van der Waals surface area contributed by atoms with Crippen molar-refractivity contribution in [1.29, 1.82) is 0 Å². The summed E-state index contributed by atoms with van der Waals surface area (Å²) in [6.07, 6.45) is 1.66. The molecule has 0 bridgehead atoms. The van der Waals surface area contributed by atoms with Crippen LogP contribution in [0.5, 0.6) is 0 Å². The quantitative estimate of drug-likeness (QED) is 0.700. The summed E-state index contributed by atoms with van der Waals surface area (Å²) in [7, 11) is 1.96. The minimum absolute atomic E-state index is 0.0416. The maximum atomic E-state index is 14.0. The Kier molecular flexibility index (Phi) is 4.18. The zero-order chi connectivity index (χ0) is 18.3. The molecule has 4 rings (SSSR count). The number of fused-ring (bicyclic) bond motifs is 1. The number of likely N-dealkylation sites (tertiary alicyclic amines) is 1. The smallest absolute Gasteiger partial charge is 0.259 e. The van der Waals surface area contributed by atoms with E-state index in [1.807, 2.05) is 35.9 Å². The van der Waals surface area contributed by atoms with Gasteiger partial charge in [-0.3, -0.25) is 4.79 Å². The van der Waals surface area contributed by atoms with Gasteiger partial charge < -0.3 is 9.47 Å². The van der Waals surface area contributed by atoms with Gasteiger partial charge >= 0.3 is 0 Å². The molecule has 26 heavy (non-hydrogen) atoms. The van der Waals surface area contributed by atoms with Gasteiger partial charge in [0, 0.05) is 26.1 Å². The van der Waals surface area contributed by atoms with Gasteiger partial charge in [-0.05, 0) is 37.1 Å². The van der Waals surface area contributed by atoms with E-state index < -0.39 is 23.1 Å². The Morgan fingerprint density at radius 2 is 1.85 bits per heavy atom. The van der Waals surface area contributed by atoms with Gasteiger partial charge in [-0.1, -0.05) is 18.2 Å². The monoisotopic (exact) mass is 355 g/mol. The van der Waals surface area contributed by atoms with Gasteiger partial charge in [0.05, 0.1) is 11.0 Å². The number of aryl methyl sites for hydroxylation is 1. The highest BCUT2D eigenvalue weighted by Crippen LogP contribution is 2.29. The number of nitrogens with zero attached hydrogens (tertiary/aromatic N) is 3. The lowest BCUT2D eigenvalue weighted by Crippen LogP contribution is -2.40. The maximum absolute atomic E-state index is 14.0. The number of imidazole rings is 1. The van der Waals surface area contributed by atoms with Crippen molar-refractivity contribution in [3.63, 3.8) is 0 Å². The van der Waals surface area contributed by atoms with Gasteiger partial charge in [0.25, 0.3) is 5.91 Å². The van der Waals surface area contributed by atoms with E-state index >= 15 is 0 Å². The fourth-order valence-corrected chi connectivity index (χ4v) is 3.76. The molecule has 1 unspecified atom stereocenters. The normalized spacial score (nSPS) is 17.7. The number of hydrogen-bond acceptors (Lipinski definition) is 2. The van der Waals surface area contributed by atoms with Crippen molar-refractivity contribution in [3.05, 3.63) is 65.5 Å². The summed E-state index contributed by atoms with van der Waals surface area (Å²) >= 11 is 0. The van der Waals surface area contributed by atoms with E-state index in [2.05, 4.69) is 0 Å². The number of benzene rings is 2. The molecule has 2 aromatic carbocycles. The molecule has 134 valence electrons. The highest BCUT2D eigenvalue weighted by molar-refractivity contribution is 5.94. The number of hydrogen-bond donors (Lipinski definition) is 0. The second kappa shape index (κ2) is 6.52. The molecule has 0 aliphatic carbocycles. The molecular formula is C20H19F2N3O. The summed E-state index contributed by atoms with van der Waals surface area (Å²) in [4.78, 5) is 18.9. The van der Waals surface area contributed by atoms with Crippen LogP contribution in [0.3, 0.4) is 0 Å². The average molecular weight is 355 g/mol. The summed E-state index contributed by atoms with van der Waals surface area (Å²) in [6, 6.07) is 11.4. The first-order valence-corrected chi connectivity index (χ1v) is 8.71. The van der Waals surface area contributed by atoms with Crippen molar-refractivity contribution in [2.75, 3.05) is 13.1 Å². The fraction of sp³-hybridized carbons (Fsp3) is 0.300. The minimum atomic E-state index is -0.820. The van der Waals surface area contributed by atoms with E-state index in [1.54, 1.807) is 0 Å². The summed E-state index contributed by atoms with van der Waals surface area (Å²) in [5.41, 5.74) is 1.47. The highest BCUT2D eigenvalue weighted by Gasteiger charge is 2.30. The predicted octanol–water partition coefficient (Wildman–Crippen LogP) is 3.87. The Bertz CT molecular complexity index is 962. The van der Waals surface area contributed by atoms with Crippen molar-refractivity contribution >= 4 is 16.9 Å². The number of carbonyl (C=O) groups excluding carboxylic acids is 1. The van der Waals surface area contributed by atoms with E-state index in [0.29, 0.717) is 13.1 Å². The van der Waals surface area contributed by atoms with Crippen LogP contribution in [0.2, 0.25) is 0 Å². The topological polar surface area (TPSA) is 38.1 Å². The molecule has 0 spiro atoms. The van der Waals surface area contributed by atoms with E-state index in [1.165, 1.54) is 11.0 Å². The summed E-state index contributed by atoms with van der Waals surface area (Å²) < 4.78 is 30.0. The van der Waals surface area contributed by atoms with Crippen LogP contribution in [-0.2, 0) is 7.05 Å². The van der Waals surface area contributed by atoms with Crippen molar-refractivity contribution < 1.29 is 13.6 Å². The first-order valence-electron chi connectivity index (χ1n) is 8.71. The molecular weight excluding hydrogens is 336 g/mol. The molecule has 0 radical (unpaired) electrons. The largest absolute Gasteiger partial charge is 0.338 e. The predicted molar refractivity (Wildman–Crippen MR) is 95.0 cm³/mol. The molecule has 1 fully saturated rings. The van der Waals surface area contributed by atoms with Crippen LogP contribution in [0.4, 0.5) is 8.78 Å². The van der Waals surface area contributed by atoms with Crippen LogP contribution >= 0.6 is 0 Å². The molecule has 2 heterocycles. The van der Waals surface area contributed by atoms with Crippen molar-refractivity contribution in [1.82, 2.24) is 14.5 Å². The Morgan fingerprint density at radius 3 is 2.58 bits per heavy atom. The van der Waals surface area contributed by atoms with E-state index in [0.717, 1.165) is 41.8 Å². The lowest BCUT2D eigenvalue weighted by Gasteiger charge is -2.32. The third kappa shape index (κ3) is 2.75. The number of rotatable bonds is 2. The van der Waals surface area contributed by atoms with E-state index in [9.17, 15) is 13.6 Å². The van der Waals surface area contributed by atoms with Crippen LogP contribution in [0.25, 0.3) is 11.0 Å². The Morgan fingerprint density at radius 1 is 1.12 bits per heavy atom. The van der Waals surface area contributed by atoms with Crippen LogP contribution in [-0.4, -0.2) is 33.4 Å². The van der Waals surface area contributed by atoms with Gasteiger partial charge in [-0.25, -0.2) is 13.8 Å². The maximum Gasteiger partial charge on any atom is 0.259 e. The van der Waals surface area contributed by atoms with Crippen molar-refractivity contribution in [2.45, 2.75) is 18.8 Å². The third-order valence-corrected chi connectivity index (χ3v) is 5.07. The second-order valence-corrected chi connectivity index (χ2v) is 6.70. The number of para-hydroxylation sites is 2. The number of piperidine rings is 1. The van der Waals surface area contributed by atoms with Gasteiger partial charge in [0.2, 0.25) is 0 Å². The molecule has 1 aliphatic heterocycles. The molecule has 6 heteroatoms.